The van der Waals surface area contributed by atoms with Crippen molar-refractivity contribution in [3.05, 3.63) is 53.1 Å². The highest BCUT2D eigenvalue weighted by atomic mass is 19.1. The molecule has 0 spiro atoms. The van der Waals surface area contributed by atoms with Gasteiger partial charge in [0.15, 0.2) is 12.7 Å². The zero-order chi connectivity index (χ0) is 17.9. The van der Waals surface area contributed by atoms with E-state index in [1.54, 1.807) is 6.07 Å². The number of aromatic nitrogens is 1. The van der Waals surface area contributed by atoms with Crippen molar-refractivity contribution in [1.82, 2.24) is 4.57 Å². The molecule has 1 aromatic carbocycles. The number of halogens is 1. The van der Waals surface area contributed by atoms with E-state index in [0.29, 0.717) is 11.3 Å². The van der Waals surface area contributed by atoms with Gasteiger partial charge in [0.1, 0.15) is 11.6 Å². The number of ether oxygens (including phenoxy) is 2. The van der Waals surface area contributed by atoms with Gasteiger partial charge in [-0.25, -0.2) is 9.18 Å². The van der Waals surface area contributed by atoms with Crippen LogP contribution in [0.15, 0.2) is 30.3 Å². The molecule has 1 atom stereocenters. The van der Waals surface area contributed by atoms with Crippen LogP contribution in [-0.4, -0.2) is 29.0 Å². The summed E-state index contributed by atoms with van der Waals surface area (Å²) in [6.45, 7) is 4.89. The van der Waals surface area contributed by atoms with Crippen LogP contribution in [0.2, 0.25) is 0 Å². The number of benzene rings is 1. The van der Waals surface area contributed by atoms with Gasteiger partial charge in [0.05, 0.1) is 0 Å². The fraction of sp³-hybridized carbons (Fsp3) is 0.333. The summed E-state index contributed by atoms with van der Waals surface area (Å²) in [5, 5.41) is 0. The Hall–Kier alpha value is -2.63. The van der Waals surface area contributed by atoms with Crippen LogP contribution in [0.5, 0.6) is 5.75 Å². The molecule has 0 bridgehead atoms. The minimum Gasteiger partial charge on any atom is -0.479 e. The molecule has 128 valence electrons. The molecule has 5 nitrogen and oxygen atoms in total. The zero-order valence-electron chi connectivity index (χ0n) is 14.1. The third-order valence-electron chi connectivity index (χ3n) is 3.88. The topological polar surface area (TPSA) is 57.5 Å². The molecule has 0 aliphatic rings. The molecule has 0 N–H and O–H groups in total. The molecule has 0 aliphatic carbocycles. The van der Waals surface area contributed by atoms with Gasteiger partial charge in [0.25, 0.3) is 0 Å². The van der Waals surface area contributed by atoms with E-state index in [1.807, 2.05) is 25.5 Å². The van der Waals surface area contributed by atoms with Crippen molar-refractivity contribution in [2.75, 3.05) is 6.61 Å². The lowest BCUT2D eigenvalue weighted by Gasteiger charge is -2.13. The van der Waals surface area contributed by atoms with Gasteiger partial charge in [-0.05, 0) is 51.1 Å². The molecule has 0 saturated carbocycles. The van der Waals surface area contributed by atoms with Gasteiger partial charge < -0.3 is 14.0 Å². The molecule has 0 aliphatic heterocycles. The predicted molar refractivity (Wildman–Crippen MR) is 86.7 cm³/mol. The lowest BCUT2D eigenvalue weighted by Crippen LogP contribution is -2.28. The van der Waals surface area contributed by atoms with Gasteiger partial charge in [-0.1, -0.05) is 0 Å². The molecular formula is C18H20FNO4. The fourth-order valence-corrected chi connectivity index (χ4v) is 2.23. The Morgan fingerprint density at radius 1 is 1.21 bits per heavy atom. The lowest BCUT2D eigenvalue weighted by atomic mass is 10.1. The summed E-state index contributed by atoms with van der Waals surface area (Å²) in [5.74, 6) is -0.963. The highest BCUT2D eigenvalue weighted by Crippen LogP contribution is 2.15. The molecule has 1 aromatic heterocycles. The Kier molecular flexibility index (Phi) is 5.39. The van der Waals surface area contributed by atoms with Crippen molar-refractivity contribution in [2.24, 2.45) is 7.05 Å². The van der Waals surface area contributed by atoms with E-state index in [-0.39, 0.29) is 12.4 Å². The highest BCUT2D eigenvalue weighted by molar-refractivity contribution is 5.99. The normalized spacial score (nSPS) is 11.9. The number of aryl methyl sites for hydroxylation is 1. The second-order valence-electron chi connectivity index (χ2n) is 5.59. The van der Waals surface area contributed by atoms with Crippen molar-refractivity contribution >= 4 is 11.8 Å². The van der Waals surface area contributed by atoms with Gasteiger partial charge in [0.2, 0.25) is 5.78 Å². The fourth-order valence-electron chi connectivity index (χ4n) is 2.23. The quantitative estimate of drug-likeness (QED) is 0.602. The number of carbonyl (C=O) groups is 2. The lowest BCUT2D eigenvalue weighted by molar-refractivity contribution is -0.149. The SMILES string of the molecule is Cc1cc(C(=O)COC(=O)[C@H](C)Oc2ccc(F)cc2)c(C)n1C. The van der Waals surface area contributed by atoms with Gasteiger partial charge in [0, 0.05) is 24.0 Å². The van der Waals surface area contributed by atoms with E-state index in [0.717, 1.165) is 11.4 Å². The van der Waals surface area contributed by atoms with E-state index in [9.17, 15) is 14.0 Å². The van der Waals surface area contributed by atoms with E-state index in [2.05, 4.69) is 0 Å². The Balaban J connectivity index is 1.90. The van der Waals surface area contributed by atoms with Gasteiger partial charge in [-0.3, -0.25) is 4.79 Å². The van der Waals surface area contributed by atoms with Gasteiger partial charge in [-0.2, -0.15) is 0 Å². The number of Topliss-reactive ketones (excluding diaryl/α,β-unsaturated/α-hetero) is 1. The van der Waals surface area contributed by atoms with Crippen LogP contribution in [0.4, 0.5) is 4.39 Å². The van der Waals surface area contributed by atoms with E-state index < -0.39 is 17.9 Å². The molecule has 0 radical (unpaired) electrons. The second-order valence-corrected chi connectivity index (χ2v) is 5.59. The molecule has 1 heterocycles. The molecule has 24 heavy (non-hydrogen) atoms. The third-order valence-corrected chi connectivity index (χ3v) is 3.88. The Bertz CT molecular complexity index is 749. The maximum Gasteiger partial charge on any atom is 0.347 e. The van der Waals surface area contributed by atoms with E-state index >= 15 is 0 Å². The molecule has 0 amide bonds. The molecular weight excluding hydrogens is 313 g/mol. The minimum absolute atomic E-state index is 0.265. The van der Waals surface area contributed by atoms with Crippen LogP contribution in [0.25, 0.3) is 0 Å². The van der Waals surface area contributed by atoms with Crippen LogP contribution >= 0.6 is 0 Å². The summed E-state index contributed by atoms with van der Waals surface area (Å²) in [4.78, 5) is 24.1. The first kappa shape index (κ1) is 17.7. The zero-order valence-corrected chi connectivity index (χ0v) is 14.1. The van der Waals surface area contributed by atoms with Crippen LogP contribution in [0.3, 0.4) is 0 Å². The van der Waals surface area contributed by atoms with Crippen LogP contribution in [-0.2, 0) is 16.6 Å². The number of rotatable bonds is 6. The number of hydrogen-bond donors (Lipinski definition) is 0. The number of ketones is 1. The molecule has 2 rings (SSSR count). The van der Waals surface area contributed by atoms with E-state index in [1.165, 1.54) is 31.2 Å². The van der Waals surface area contributed by atoms with Gasteiger partial charge >= 0.3 is 5.97 Å². The highest BCUT2D eigenvalue weighted by Gasteiger charge is 2.20. The molecule has 0 saturated heterocycles. The Morgan fingerprint density at radius 3 is 2.38 bits per heavy atom. The number of carbonyl (C=O) groups excluding carboxylic acids is 2. The van der Waals surface area contributed by atoms with E-state index in [4.69, 9.17) is 9.47 Å². The number of esters is 1. The first-order chi connectivity index (χ1) is 11.3. The average Bonchev–Trinajstić information content (AvgIpc) is 2.82. The monoisotopic (exact) mass is 333 g/mol. The molecule has 2 aromatic rings. The van der Waals surface area contributed by atoms with Gasteiger partial charge in [-0.15, -0.1) is 0 Å². The average molecular weight is 333 g/mol. The smallest absolute Gasteiger partial charge is 0.347 e. The summed E-state index contributed by atoms with van der Waals surface area (Å²) < 4.78 is 25.1. The molecule has 0 unspecified atom stereocenters. The second kappa shape index (κ2) is 7.29. The van der Waals surface area contributed by atoms with Crippen LogP contribution in [0.1, 0.15) is 28.7 Å². The van der Waals surface area contributed by atoms with Crippen molar-refractivity contribution in [3.63, 3.8) is 0 Å². The molecule has 0 fully saturated rings. The minimum atomic E-state index is -0.901. The largest absolute Gasteiger partial charge is 0.479 e. The van der Waals surface area contributed by atoms with Crippen molar-refractivity contribution in [2.45, 2.75) is 26.9 Å². The first-order valence-electron chi connectivity index (χ1n) is 7.54. The summed E-state index contributed by atoms with van der Waals surface area (Å²) in [5.41, 5.74) is 2.31. The molecule has 6 heteroatoms. The predicted octanol–water partition coefficient (Wildman–Crippen LogP) is 2.97. The van der Waals surface area contributed by atoms with Crippen molar-refractivity contribution in [3.8, 4) is 5.75 Å². The number of hydrogen-bond acceptors (Lipinski definition) is 4. The summed E-state index contributed by atoms with van der Waals surface area (Å²) in [6, 6.07) is 7.07. The van der Waals surface area contributed by atoms with Crippen molar-refractivity contribution in [1.29, 1.82) is 0 Å². The van der Waals surface area contributed by atoms with Crippen LogP contribution < -0.4 is 4.74 Å². The summed E-state index contributed by atoms with van der Waals surface area (Å²) in [7, 11) is 1.87. The Morgan fingerprint density at radius 2 is 1.83 bits per heavy atom. The third kappa shape index (κ3) is 4.01. The Labute approximate surface area is 140 Å². The standard InChI is InChI=1S/C18H20FNO4/c1-11-9-16(12(2)20(11)4)17(21)10-23-18(22)13(3)24-15-7-5-14(19)6-8-15/h5-9,13H,10H2,1-4H3/t13-/m0/s1. The summed E-state index contributed by atoms with van der Waals surface area (Å²) in [6.07, 6.45) is -0.901. The number of nitrogens with zero attached hydrogens (tertiary/aromatic N) is 1. The van der Waals surface area contributed by atoms with Crippen molar-refractivity contribution < 1.29 is 23.5 Å². The maximum atomic E-state index is 12.8. The summed E-state index contributed by atoms with van der Waals surface area (Å²) >= 11 is 0. The van der Waals surface area contributed by atoms with Crippen LogP contribution in [0, 0.1) is 19.7 Å². The first-order valence-corrected chi connectivity index (χ1v) is 7.54. The maximum absolute atomic E-state index is 12.8.